The van der Waals surface area contributed by atoms with Gasteiger partial charge in [-0.3, -0.25) is 9.78 Å². The Hall–Kier alpha value is -1.24. The van der Waals surface area contributed by atoms with E-state index in [2.05, 4.69) is 4.98 Å². The van der Waals surface area contributed by atoms with Crippen LogP contribution in [-0.4, -0.2) is 39.4 Å². The third-order valence-electron chi connectivity index (χ3n) is 4.30. The molecule has 2 aliphatic rings. The van der Waals surface area contributed by atoms with Gasteiger partial charge in [0.2, 0.25) is 0 Å². The molecule has 1 amide bonds. The molecule has 7 heteroatoms. The van der Waals surface area contributed by atoms with Gasteiger partial charge in [0.1, 0.15) is 0 Å². The fourth-order valence-electron chi connectivity index (χ4n) is 3.31. The van der Waals surface area contributed by atoms with E-state index in [-0.39, 0.29) is 11.6 Å². The van der Waals surface area contributed by atoms with Gasteiger partial charge in [0.25, 0.3) is 5.91 Å². The molecule has 2 fully saturated rings. The lowest BCUT2D eigenvalue weighted by Crippen LogP contribution is -2.52. The standard InChI is InChI=1S/C15H17F3N2OS/c16-15(17,18)13-10(4-3-7-19-13)14(21)20-8-9-22-12-6-2-1-5-11(12)20/h3-4,7,11-12H,1-2,5-6,8-9H2. The monoisotopic (exact) mass is 330 g/mol. The number of carbonyl (C=O) groups excluding carboxylic acids is 1. The van der Waals surface area contributed by atoms with Gasteiger partial charge in [-0.25, -0.2) is 0 Å². The van der Waals surface area contributed by atoms with Gasteiger partial charge in [-0.15, -0.1) is 0 Å². The van der Waals surface area contributed by atoms with Crippen molar-refractivity contribution < 1.29 is 18.0 Å². The van der Waals surface area contributed by atoms with Crippen LogP contribution < -0.4 is 0 Å². The first kappa shape index (κ1) is 15.6. The Morgan fingerprint density at radius 2 is 2.09 bits per heavy atom. The summed E-state index contributed by atoms with van der Waals surface area (Å²) in [5.41, 5.74) is -1.41. The molecule has 2 heterocycles. The molecule has 0 radical (unpaired) electrons. The number of hydrogen-bond donors (Lipinski definition) is 0. The fraction of sp³-hybridized carbons (Fsp3) is 0.600. The maximum Gasteiger partial charge on any atom is 0.434 e. The van der Waals surface area contributed by atoms with Gasteiger partial charge in [0, 0.05) is 29.8 Å². The van der Waals surface area contributed by atoms with E-state index >= 15 is 0 Å². The number of hydrogen-bond acceptors (Lipinski definition) is 3. The average molecular weight is 330 g/mol. The van der Waals surface area contributed by atoms with E-state index in [1.54, 1.807) is 4.90 Å². The van der Waals surface area contributed by atoms with Crippen molar-refractivity contribution in [2.75, 3.05) is 12.3 Å². The van der Waals surface area contributed by atoms with E-state index in [0.717, 1.165) is 37.6 Å². The van der Waals surface area contributed by atoms with Crippen LogP contribution in [0.25, 0.3) is 0 Å². The molecule has 1 aliphatic heterocycles. The van der Waals surface area contributed by atoms with Crippen LogP contribution in [-0.2, 0) is 6.18 Å². The second-order valence-electron chi connectivity index (χ2n) is 5.66. The maximum atomic E-state index is 13.1. The molecule has 0 spiro atoms. The zero-order chi connectivity index (χ0) is 15.7. The number of thioether (sulfide) groups is 1. The van der Waals surface area contributed by atoms with E-state index in [9.17, 15) is 18.0 Å². The second-order valence-corrected chi connectivity index (χ2v) is 7.00. The van der Waals surface area contributed by atoms with Crippen molar-refractivity contribution in [3.05, 3.63) is 29.6 Å². The lowest BCUT2D eigenvalue weighted by atomic mass is 9.92. The number of carbonyl (C=O) groups is 1. The van der Waals surface area contributed by atoms with Crippen LogP contribution in [0.2, 0.25) is 0 Å². The summed E-state index contributed by atoms with van der Waals surface area (Å²) in [7, 11) is 0. The number of rotatable bonds is 1. The largest absolute Gasteiger partial charge is 0.434 e. The van der Waals surface area contributed by atoms with E-state index < -0.39 is 17.8 Å². The topological polar surface area (TPSA) is 33.2 Å². The molecule has 3 nitrogen and oxygen atoms in total. The summed E-state index contributed by atoms with van der Waals surface area (Å²) in [6.45, 7) is 0.511. The Kier molecular flexibility index (Phi) is 4.34. The number of amides is 1. The Bertz CT molecular complexity index is 562. The highest BCUT2D eigenvalue weighted by Gasteiger charge is 2.41. The molecule has 0 bridgehead atoms. The van der Waals surface area contributed by atoms with Crippen LogP contribution in [0.15, 0.2) is 18.3 Å². The number of aromatic nitrogens is 1. The smallest absolute Gasteiger partial charge is 0.334 e. The third kappa shape index (κ3) is 2.95. The van der Waals surface area contributed by atoms with Gasteiger partial charge in [-0.2, -0.15) is 24.9 Å². The van der Waals surface area contributed by atoms with Crippen LogP contribution in [0.1, 0.15) is 41.7 Å². The SMILES string of the molecule is O=C(c1cccnc1C(F)(F)F)N1CCSC2CCCCC21. The Balaban J connectivity index is 1.90. The van der Waals surface area contributed by atoms with Crippen LogP contribution in [0, 0.1) is 0 Å². The van der Waals surface area contributed by atoms with Crippen LogP contribution in [0.5, 0.6) is 0 Å². The number of pyridine rings is 1. The van der Waals surface area contributed by atoms with E-state index in [0.29, 0.717) is 11.8 Å². The lowest BCUT2D eigenvalue weighted by Gasteiger charge is -2.43. The van der Waals surface area contributed by atoms with Crippen LogP contribution in [0.3, 0.4) is 0 Å². The van der Waals surface area contributed by atoms with Crippen molar-refractivity contribution in [2.24, 2.45) is 0 Å². The van der Waals surface area contributed by atoms with Gasteiger partial charge in [0.15, 0.2) is 5.69 Å². The average Bonchev–Trinajstić information content (AvgIpc) is 2.53. The molecule has 3 rings (SSSR count). The molecule has 0 N–H and O–H groups in total. The molecule has 2 unspecified atom stereocenters. The third-order valence-corrected chi connectivity index (χ3v) is 5.70. The minimum Gasteiger partial charge on any atom is -0.334 e. The van der Waals surface area contributed by atoms with E-state index in [4.69, 9.17) is 0 Å². The van der Waals surface area contributed by atoms with Crippen molar-refractivity contribution >= 4 is 17.7 Å². The molecule has 120 valence electrons. The van der Waals surface area contributed by atoms with Gasteiger partial charge in [-0.1, -0.05) is 12.8 Å². The first-order chi connectivity index (χ1) is 10.5. The molecule has 1 aromatic heterocycles. The summed E-state index contributed by atoms with van der Waals surface area (Å²) in [4.78, 5) is 17.7. The van der Waals surface area contributed by atoms with Gasteiger partial charge in [-0.05, 0) is 25.0 Å². The van der Waals surface area contributed by atoms with Gasteiger partial charge in [0.05, 0.1) is 5.56 Å². The zero-order valence-corrected chi connectivity index (χ0v) is 12.8. The van der Waals surface area contributed by atoms with Crippen molar-refractivity contribution in [3.63, 3.8) is 0 Å². The van der Waals surface area contributed by atoms with Crippen molar-refractivity contribution in [3.8, 4) is 0 Å². The van der Waals surface area contributed by atoms with Crippen molar-refractivity contribution in [1.82, 2.24) is 9.88 Å². The molecule has 2 atom stereocenters. The van der Waals surface area contributed by atoms with Gasteiger partial charge >= 0.3 is 6.18 Å². The molecule has 1 saturated heterocycles. The molecule has 1 aliphatic carbocycles. The Morgan fingerprint density at radius 1 is 1.32 bits per heavy atom. The zero-order valence-electron chi connectivity index (χ0n) is 12.0. The van der Waals surface area contributed by atoms with E-state index in [1.807, 2.05) is 11.8 Å². The quantitative estimate of drug-likeness (QED) is 0.789. The second kappa shape index (κ2) is 6.10. The van der Waals surface area contributed by atoms with Gasteiger partial charge < -0.3 is 4.90 Å². The minimum absolute atomic E-state index is 0.0567. The minimum atomic E-state index is -4.61. The highest BCUT2D eigenvalue weighted by molar-refractivity contribution is 8.00. The number of fused-ring (bicyclic) bond motifs is 1. The first-order valence-corrected chi connectivity index (χ1v) is 8.48. The normalized spacial score (nSPS) is 25.7. The Morgan fingerprint density at radius 3 is 2.86 bits per heavy atom. The van der Waals surface area contributed by atoms with E-state index in [1.165, 1.54) is 12.1 Å². The summed E-state index contributed by atoms with van der Waals surface area (Å²) in [5, 5.41) is 0.359. The number of nitrogens with zero attached hydrogens (tertiary/aromatic N) is 2. The number of alkyl halides is 3. The summed E-state index contributed by atoms with van der Waals surface area (Å²) >= 11 is 1.84. The van der Waals surface area contributed by atoms with Crippen LogP contribution >= 0.6 is 11.8 Å². The molecule has 22 heavy (non-hydrogen) atoms. The predicted octanol–water partition coefficient (Wildman–Crippen LogP) is 3.60. The highest BCUT2D eigenvalue weighted by Crippen LogP contribution is 2.37. The Labute approximate surface area is 131 Å². The summed E-state index contributed by atoms with van der Waals surface area (Å²) in [6.07, 6.45) is 0.558. The summed E-state index contributed by atoms with van der Waals surface area (Å²) < 4.78 is 39.2. The molecular weight excluding hydrogens is 313 g/mol. The maximum absolute atomic E-state index is 13.1. The first-order valence-electron chi connectivity index (χ1n) is 7.43. The summed E-state index contributed by atoms with van der Waals surface area (Å²) in [6, 6.07) is 2.68. The molecular formula is C15H17F3N2OS. The predicted molar refractivity (Wildman–Crippen MR) is 78.8 cm³/mol. The lowest BCUT2D eigenvalue weighted by molar-refractivity contribution is -0.141. The highest BCUT2D eigenvalue weighted by atomic mass is 32.2. The van der Waals surface area contributed by atoms with Crippen LogP contribution in [0.4, 0.5) is 13.2 Å². The summed E-state index contributed by atoms with van der Waals surface area (Å²) in [5.74, 6) is 0.256. The molecule has 0 aromatic carbocycles. The molecule has 1 aromatic rings. The van der Waals surface area contributed by atoms with Crippen molar-refractivity contribution in [1.29, 1.82) is 0 Å². The fourth-order valence-corrected chi connectivity index (χ4v) is 4.75. The number of halogens is 3. The molecule has 1 saturated carbocycles. The van der Waals surface area contributed by atoms with Crippen molar-refractivity contribution in [2.45, 2.75) is 43.2 Å².